The molecule has 0 saturated heterocycles. The lowest BCUT2D eigenvalue weighted by atomic mass is 10.3. The second-order valence-corrected chi connectivity index (χ2v) is 5.99. The number of ether oxygens (including phenoxy) is 1. The summed E-state index contributed by atoms with van der Waals surface area (Å²) in [7, 11) is -2.27. The van der Waals surface area contributed by atoms with Crippen molar-refractivity contribution in [1.82, 2.24) is 9.71 Å². The van der Waals surface area contributed by atoms with E-state index in [-0.39, 0.29) is 17.4 Å². The number of methoxy groups -OCH3 is 1. The van der Waals surface area contributed by atoms with Crippen molar-refractivity contribution < 1.29 is 13.2 Å². The van der Waals surface area contributed by atoms with Crippen molar-refractivity contribution in [3.8, 4) is 5.75 Å². The van der Waals surface area contributed by atoms with Gasteiger partial charge in [0, 0.05) is 6.20 Å². The van der Waals surface area contributed by atoms with Crippen LogP contribution in [0.2, 0.25) is 0 Å². The molecule has 116 valence electrons. The standard InChI is InChI=1S/C14H16N4O3S/c1-21-12-5-7-13(8-6-12)22(19,20)18-14(15)17-10-11-4-2-3-9-16-11/h2-9H,10H2,1H3,(H3,15,17,18). The van der Waals surface area contributed by atoms with Gasteiger partial charge < -0.3 is 10.5 Å². The zero-order valence-corrected chi connectivity index (χ0v) is 12.7. The quantitative estimate of drug-likeness (QED) is 0.628. The van der Waals surface area contributed by atoms with Crippen molar-refractivity contribution >= 4 is 16.0 Å². The number of aromatic nitrogens is 1. The van der Waals surface area contributed by atoms with Gasteiger partial charge in [0.05, 0.1) is 24.2 Å². The van der Waals surface area contributed by atoms with Gasteiger partial charge in [-0.05, 0) is 36.4 Å². The molecule has 1 aromatic heterocycles. The van der Waals surface area contributed by atoms with E-state index in [1.165, 1.54) is 19.2 Å². The van der Waals surface area contributed by atoms with Crippen LogP contribution in [0, 0.1) is 0 Å². The minimum absolute atomic E-state index is 0.0734. The number of hydrogen-bond acceptors (Lipinski definition) is 5. The van der Waals surface area contributed by atoms with Crippen LogP contribution in [0.25, 0.3) is 0 Å². The number of aliphatic imine (C=N–C) groups is 1. The lowest BCUT2D eigenvalue weighted by Crippen LogP contribution is -2.36. The number of rotatable bonds is 5. The van der Waals surface area contributed by atoms with Crippen LogP contribution in [0.4, 0.5) is 0 Å². The molecule has 7 nitrogen and oxygen atoms in total. The van der Waals surface area contributed by atoms with E-state index >= 15 is 0 Å². The summed E-state index contributed by atoms with van der Waals surface area (Å²) in [5, 5.41) is 0. The Hall–Kier alpha value is -2.61. The number of pyridine rings is 1. The SMILES string of the molecule is COc1ccc(S(=O)(=O)NC(N)=NCc2ccccn2)cc1. The third-order valence-electron chi connectivity index (χ3n) is 2.75. The van der Waals surface area contributed by atoms with Gasteiger partial charge in [-0.3, -0.25) is 4.98 Å². The fourth-order valence-electron chi connectivity index (χ4n) is 1.64. The Balaban J connectivity index is 2.06. The summed E-state index contributed by atoms with van der Waals surface area (Å²) >= 11 is 0. The highest BCUT2D eigenvalue weighted by molar-refractivity contribution is 7.90. The molecule has 0 bridgehead atoms. The molecule has 0 aliphatic carbocycles. The average molecular weight is 320 g/mol. The first kappa shape index (κ1) is 15.8. The normalized spacial score (nSPS) is 12.0. The molecular weight excluding hydrogens is 304 g/mol. The fourth-order valence-corrected chi connectivity index (χ4v) is 2.59. The number of nitrogens with one attached hydrogen (secondary N) is 1. The Morgan fingerprint density at radius 1 is 1.27 bits per heavy atom. The maximum absolute atomic E-state index is 12.1. The molecule has 2 aromatic rings. The summed E-state index contributed by atoms with van der Waals surface area (Å²) in [5.74, 6) is 0.372. The molecule has 1 aromatic carbocycles. The van der Waals surface area contributed by atoms with Gasteiger partial charge in [-0.15, -0.1) is 0 Å². The highest BCUT2D eigenvalue weighted by atomic mass is 32.2. The van der Waals surface area contributed by atoms with Gasteiger partial charge in [-0.25, -0.2) is 18.1 Å². The largest absolute Gasteiger partial charge is 0.497 e. The molecule has 0 spiro atoms. The molecule has 0 radical (unpaired) electrons. The van der Waals surface area contributed by atoms with E-state index in [1.807, 2.05) is 6.07 Å². The van der Waals surface area contributed by atoms with Crippen molar-refractivity contribution in [2.45, 2.75) is 11.4 Å². The zero-order chi connectivity index (χ0) is 16.0. The van der Waals surface area contributed by atoms with E-state index in [0.717, 1.165) is 0 Å². The molecule has 0 aliphatic rings. The molecule has 3 N–H and O–H groups in total. The first-order valence-corrected chi connectivity index (χ1v) is 7.86. The summed E-state index contributed by atoms with van der Waals surface area (Å²) < 4.78 is 31.4. The number of guanidine groups is 1. The molecule has 0 saturated carbocycles. The van der Waals surface area contributed by atoms with Crippen LogP contribution < -0.4 is 15.2 Å². The van der Waals surface area contributed by atoms with Gasteiger partial charge in [0.15, 0.2) is 0 Å². The van der Waals surface area contributed by atoms with Crippen molar-refractivity contribution in [2.24, 2.45) is 10.7 Å². The summed E-state index contributed by atoms with van der Waals surface area (Å²) in [4.78, 5) is 8.10. The summed E-state index contributed by atoms with van der Waals surface area (Å²) in [6, 6.07) is 11.3. The molecule has 2 rings (SSSR count). The predicted molar refractivity (Wildman–Crippen MR) is 82.9 cm³/mol. The number of nitrogens with two attached hydrogens (primary N) is 1. The Morgan fingerprint density at radius 3 is 2.59 bits per heavy atom. The maximum atomic E-state index is 12.1. The Kier molecular flexibility index (Phi) is 4.95. The molecule has 0 atom stereocenters. The molecule has 0 aliphatic heterocycles. The van der Waals surface area contributed by atoms with Crippen molar-refractivity contribution in [2.75, 3.05) is 7.11 Å². The number of nitrogens with zero attached hydrogens (tertiary/aromatic N) is 2. The first-order valence-electron chi connectivity index (χ1n) is 6.38. The van der Waals surface area contributed by atoms with E-state index in [1.54, 1.807) is 30.5 Å². The highest BCUT2D eigenvalue weighted by Crippen LogP contribution is 2.15. The van der Waals surface area contributed by atoms with Gasteiger partial charge in [0.25, 0.3) is 10.0 Å². The van der Waals surface area contributed by atoms with Crippen LogP contribution in [0.15, 0.2) is 58.5 Å². The van der Waals surface area contributed by atoms with E-state index in [0.29, 0.717) is 11.4 Å². The zero-order valence-electron chi connectivity index (χ0n) is 11.9. The minimum atomic E-state index is -3.77. The van der Waals surface area contributed by atoms with Gasteiger partial charge in [-0.1, -0.05) is 6.07 Å². The summed E-state index contributed by atoms with van der Waals surface area (Å²) in [5.41, 5.74) is 6.30. The third kappa shape index (κ3) is 4.19. The molecule has 8 heteroatoms. The molecule has 22 heavy (non-hydrogen) atoms. The summed E-state index contributed by atoms with van der Waals surface area (Å²) in [6.45, 7) is 0.192. The van der Waals surface area contributed by atoms with Crippen molar-refractivity contribution in [3.05, 3.63) is 54.4 Å². The average Bonchev–Trinajstić information content (AvgIpc) is 2.53. The van der Waals surface area contributed by atoms with E-state index < -0.39 is 10.0 Å². The molecule has 0 unspecified atom stereocenters. The van der Waals surface area contributed by atoms with Gasteiger partial charge in [0.1, 0.15) is 5.75 Å². The lowest BCUT2D eigenvalue weighted by molar-refractivity contribution is 0.414. The van der Waals surface area contributed by atoms with Gasteiger partial charge >= 0.3 is 0 Å². The van der Waals surface area contributed by atoms with Crippen LogP contribution in [-0.2, 0) is 16.6 Å². The number of benzene rings is 1. The van der Waals surface area contributed by atoms with Crippen LogP contribution in [0.1, 0.15) is 5.69 Å². The molecule has 0 amide bonds. The predicted octanol–water partition coefficient (Wildman–Crippen LogP) is 0.883. The van der Waals surface area contributed by atoms with E-state index in [9.17, 15) is 8.42 Å². The Morgan fingerprint density at radius 2 is 2.00 bits per heavy atom. The van der Waals surface area contributed by atoms with Crippen molar-refractivity contribution in [3.63, 3.8) is 0 Å². The minimum Gasteiger partial charge on any atom is -0.497 e. The summed E-state index contributed by atoms with van der Waals surface area (Å²) in [6.07, 6.45) is 1.63. The highest BCUT2D eigenvalue weighted by Gasteiger charge is 2.14. The van der Waals surface area contributed by atoms with Gasteiger partial charge in [0.2, 0.25) is 5.96 Å². The van der Waals surface area contributed by atoms with Crippen LogP contribution >= 0.6 is 0 Å². The topological polar surface area (TPSA) is 107 Å². The maximum Gasteiger partial charge on any atom is 0.264 e. The number of sulfonamides is 1. The first-order chi connectivity index (χ1) is 10.5. The lowest BCUT2D eigenvalue weighted by Gasteiger charge is -2.08. The van der Waals surface area contributed by atoms with Crippen LogP contribution in [0.5, 0.6) is 5.75 Å². The van der Waals surface area contributed by atoms with Crippen LogP contribution in [-0.4, -0.2) is 26.5 Å². The van der Waals surface area contributed by atoms with Crippen LogP contribution in [0.3, 0.4) is 0 Å². The Bertz CT molecular complexity index is 743. The third-order valence-corrected chi connectivity index (χ3v) is 4.12. The fraction of sp³-hybridized carbons (Fsp3) is 0.143. The van der Waals surface area contributed by atoms with Gasteiger partial charge in [-0.2, -0.15) is 0 Å². The van der Waals surface area contributed by atoms with Crippen molar-refractivity contribution in [1.29, 1.82) is 0 Å². The number of hydrogen-bond donors (Lipinski definition) is 2. The second-order valence-electron chi connectivity index (χ2n) is 4.30. The molecule has 0 fully saturated rings. The molecular formula is C14H16N4O3S. The monoisotopic (exact) mass is 320 g/mol. The van der Waals surface area contributed by atoms with E-state index in [4.69, 9.17) is 10.5 Å². The smallest absolute Gasteiger partial charge is 0.264 e. The van der Waals surface area contributed by atoms with E-state index in [2.05, 4.69) is 14.7 Å². The Labute approximate surface area is 128 Å². The molecule has 1 heterocycles. The second kappa shape index (κ2) is 6.90.